The van der Waals surface area contributed by atoms with Gasteiger partial charge in [-0.05, 0) is 35.1 Å². The number of nitriles is 2. The number of nitrogens with zero attached hydrogens (tertiary/aromatic N) is 12. The Morgan fingerprint density at radius 1 is 0.742 bits per heavy atom. The second-order valence-electron chi connectivity index (χ2n) is 13.3. The van der Waals surface area contributed by atoms with E-state index in [1.807, 2.05) is 24.5 Å². The van der Waals surface area contributed by atoms with Crippen LogP contribution in [0, 0.1) is 22.7 Å². The summed E-state index contributed by atoms with van der Waals surface area (Å²) in [4.78, 5) is 41.0. The van der Waals surface area contributed by atoms with Crippen molar-refractivity contribution in [2.24, 2.45) is 0 Å². The molecular weight excluding hydrogens is 899 g/mol. The van der Waals surface area contributed by atoms with Gasteiger partial charge in [0, 0.05) is 85.1 Å². The lowest BCUT2D eigenvalue weighted by Gasteiger charge is -2.47. The Morgan fingerprint density at radius 3 is 1.40 bits per heavy atom. The third-order valence-electron chi connectivity index (χ3n) is 9.74. The van der Waals surface area contributed by atoms with Gasteiger partial charge in [-0.25, -0.2) is 47.3 Å². The Balaban J connectivity index is 0.000000274. The van der Waals surface area contributed by atoms with E-state index >= 15 is 0 Å². The molecule has 2 fully saturated rings. The molecule has 0 bridgehead atoms. The van der Waals surface area contributed by atoms with E-state index < -0.39 is 47.6 Å². The number of aromatic amines is 2. The highest BCUT2D eigenvalue weighted by Gasteiger charge is 2.51. The molecule has 62 heavy (non-hydrogen) atoms. The SMILES string of the molecule is CCS(=O)(=O)N1CC(CC#N)(n2cc(-c3ncnc4[nH]ccc34)cn2)C1.CCS(=O)(=O)N1CC(CC#N)(n2cc(-c3ncnc4[nH]ccc34)cn2)C1.O=[P+]([O-])OO.O=[P+]([O-])OO.[HH].[HH]. The molecule has 2 aliphatic heterocycles. The van der Waals surface area contributed by atoms with E-state index in [1.54, 1.807) is 48.0 Å². The summed E-state index contributed by atoms with van der Waals surface area (Å²) in [6.07, 6.45) is 13.9. The van der Waals surface area contributed by atoms with Crippen molar-refractivity contribution in [3.8, 4) is 34.7 Å². The number of sulfonamides is 2. The largest absolute Gasteiger partial charge is 0.565 e. The second-order valence-corrected chi connectivity index (χ2v) is 19.1. The Hall–Kier alpha value is -5.58. The summed E-state index contributed by atoms with van der Waals surface area (Å²) in [6, 6.07) is 8.11. The van der Waals surface area contributed by atoms with Crippen LogP contribution < -0.4 is 9.79 Å². The lowest BCUT2D eigenvalue weighted by atomic mass is 9.89. The van der Waals surface area contributed by atoms with Gasteiger partial charge in [0.05, 0.1) is 60.3 Å². The van der Waals surface area contributed by atoms with Crippen LogP contribution in [0.1, 0.15) is 29.5 Å². The lowest BCUT2D eigenvalue weighted by molar-refractivity contribution is -0.245. The minimum Gasteiger partial charge on any atom is -0.565 e. The summed E-state index contributed by atoms with van der Waals surface area (Å²) < 4.78 is 77.7. The molecule has 2 aliphatic rings. The fourth-order valence-electron chi connectivity index (χ4n) is 6.56. The molecule has 26 nitrogen and oxygen atoms in total. The van der Waals surface area contributed by atoms with Crippen LogP contribution in [0.4, 0.5) is 0 Å². The zero-order valence-corrected chi connectivity index (χ0v) is 35.9. The van der Waals surface area contributed by atoms with Gasteiger partial charge in [0.15, 0.2) is 0 Å². The van der Waals surface area contributed by atoms with Crippen LogP contribution in [0.3, 0.4) is 0 Å². The second kappa shape index (κ2) is 20.1. The quantitative estimate of drug-likeness (QED) is 0.0770. The molecule has 2 saturated heterocycles. The molecule has 0 radical (unpaired) electrons. The van der Waals surface area contributed by atoms with Crippen molar-refractivity contribution in [1.82, 2.24) is 58.1 Å². The van der Waals surface area contributed by atoms with E-state index in [0.29, 0.717) is 0 Å². The molecular formula is C32H40N14O12P2S2. The standard InChI is InChI=1S/2C16H17N7O2S.2HO4P.2H2/c2*1-2-26(24,25)22-9-16(10-22,4-5-17)23-8-12(7-21-23)14-13-3-6-18-15(13)20-11-19-14;2*1-4-5(2)3;;/h2*3,6-8,11H,2,4,9-10H2,1H3,(H,18,19,20);2*1H;2*1H. The maximum atomic E-state index is 12.0. The Labute approximate surface area is 356 Å². The molecule has 30 heteroatoms. The van der Waals surface area contributed by atoms with Gasteiger partial charge in [0.25, 0.3) is 0 Å². The zero-order valence-electron chi connectivity index (χ0n) is 32.5. The predicted octanol–water partition coefficient (Wildman–Crippen LogP) is 1.67. The predicted molar refractivity (Wildman–Crippen MR) is 216 cm³/mol. The summed E-state index contributed by atoms with van der Waals surface area (Å²) in [5, 5.41) is 43.1. The molecule has 0 saturated carbocycles. The maximum Gasteiger partial charge on any atom is 0.521 e. The number of aromatic nitrogens is 10. The number of rotatable bonds is 12. The molecule has 4 N–H and O–H groups in total. The number of H-pyrrole nitrogens is 2. The summed E-state index contributed by atoms with van der Waals surface area (Å²) in [5.41, 5.74) is 3.27. The van der Waals surface area contributed by atoms with E-state index in [-0.39, 0.29) is 53.4 Å². The number of hydrogen-bond donors (Lipinski definition) is 4. The fourth-order valence-corrected chi connectivity index (χ4v) is 9.04. The Morgan fingerprint density at radius 2 is 1.10 bits per heavy atom. The molecule has 332 valence electrons. The first-order valence-electron chi connectivity index (χ1n) is 17.8. The highest BCUT2D eigenvalue weighted by atomic mass is 32.2. The lowest BCUT2D eigenvalue weighted by Crippen LogP contribution is -2.64. The van der Waals surface area contributed by atoms with Crippen LogP contribution in [-0.2, 0) is 49.6 Å². The summed E-state index contributed by atoms with van der Waals surface area (Å²) in [5.74, 6) is 0.0960. The first-order valence-corrected chi connectivity index (χ1v) is 23.2. The number of hydrogen-bond acceptors (Lipinski definition) is 20. The summed E-state index contributed by atoms with van der Waals surface area (Å²) in [7, 11) is -12.6. The first-order chi connectivity index (χ1) is 29.5. The fraction of sp³-hybridized carbons (Fsp3) is 0.375. The highest BCUT2D eigenvalue weighted by molar-refractivity contribution is 7.89. The van der Waals surface area contributed by atoms with Gasteiger partial charge < -0.3 is 19.8 Å². The van der Waals surface area contributed by atoms with Crippen molar-refractivity contribution in [1.29, 1.82) is 10.5 Å². The third kappa shape index (κ3) is 10.4. The van der Waals surface area contributed by atoms with Crippen molar-refractivity contribution in [2.75, 3.05) is 37.7 Å². The van der Waals surface area contributed by atoms with Gasteiger partial charge in [-0.2, -0.15) is 29.3 Å². The molecule has 0 spiro atoms. The zero-order chi connectivity index (χ0) is 45.3. The van der Waals surface area contributed by atoms with Crippen LogP contribution in [0.2, 0.25) is 0 Å². The minimum absolute atomic E-state index is 0. The third-order valence-corrected chi connectivity index (χ3v) is 13.6. The van der Waals surface area contributed by atoms with Gasteiger partial charge in [-0.15, -0.1) is 0 Å². The van der Waals surface area contributed by atoms with Crippen LogP contribution >= 0.6 is 16.5 Å². The molecule has 0 aromatic carbocycles. The van der Waals surface area contributed by atoms with Gasteiger partial charge in [0.1, 0.15) is 35.0 Å². The van der Waals surface area contributed by atoms with Crippen molar-refractivity contribution in [2.45, 2.75) is 37.8 Å². The average Bonchev–Trinajstić information content (AvgIpc) is 4.08. The van der Waals surface area contributed by atoms with Crippen LogP contribution in [0.15, 0.2) is 62.0 Å². The van der Waals surface area contributed by atoms with Crippen LogP contribution in [0.25, 0.3) is 44.6 Å². The van der Waals surface area contributed by atoms with Crippen molar-refractivity contribution < 1.29 is 58.5 Å². The normalized spacial score (nSPS) is 16.1. The molecule has 6 aromatic heterocycles. The van der Waals surface area contributed by atoms with Gasteiger partial charge in [-0.3, -0.25) is 9.36 Å². The monoisotopic (exact) mass is 938 g/mol. The van der Waals surface area contributed by atoms with Gasteiger partial charge in [0.2, 0.25) is 20.0 Å². The van der Waals surface area contributed by atoms with Crippen molar-refractivity contribution in [3.05, 3.63) is 62.0 Å². The van der Waals surface area contributed by atoms with E-state index in [9.17, 15) is 27.4 Å². The van der Waals surface area contributed by atoms with Crippen LogP contribution in [0.5, 0.6) is 0 Å². The highest BCUT2D eigenvalue weighted by Crippen LogP contribution is 2.37. The molecule has 8 heterocycles. The maximum absolute atomic E-state index is 12.0. The number of fused-ring (bicyclic) bond motifs is 2. The Kier molecular flexibility index (Phi) is 15.4. The summed E-state index contributed by atoms with van der Waals surface area (Å²) in [6.45, 7) is 4.23. The molecule has 6 aromatic rings. The Bertz CT molecular complexity index is 2660. The van der Waals surface area contributed by atoms with Gasteiger partial charge >= 0.3 is 16.5 Å². The minimum atomic E-state index is -3.27. The smallest absolute Gasteiger partial charge is 0.521 e. The van der Waals surface area contributed by atoms with E-state index in [2.05, 4.69) is 61.6 Å². The molecule has 8 rings (SSSR count). The van der Waals surface area contributed by atoms with Crippen molar-refractivity contribution >= 4 is 58.6 Å². The molecule has 2 unspecified atom stereocenters. The average molecular weight is 939 g/mol. The summed E-state index contributed by atoms with van der Waals surface area (Å²) >= 11 is 0. The van der Waals surface area contributed by atoms with Gasteiger partial charge in [-0.1, -0.05) is 0 Å². The molecule has 0 amide bonds. The van der Waals surface area contributed by atoms with Crippen molar-refractivity contribution in [3.63, 3.8) is 0 Å². The molecule has 2 atom stereocenters. The van der Waals surface area contributed by atoms with E-state index in [0.717, 1.165) is 44.6 Å². The van der Waals surface area contributed by atoms with Crippen LogP contribution in [-0.4, -0.2) is 123 Å². The van der Waals surface area contributed by atoms with E-state index in [1.165, 1.54) is 21.3 Å². The topological polar surface area (TPSA) is 380 Å². The first kappa shape index (κ1) is 47.5. The van der Waals surface area contributed by atoms with E-state index in [4.69, 9.17) is 29.4 Å². The number of nitrogens with one attached hydrogen (secondary N) is 2. The molecule has 0 aliphatic carbocycles.